The van der Waals surface area contributed by atoms with Crippen molar-refractivity contribution in [3.8, 4) is 5.75 Å². The maximum atomic E-state index is 12.5. The lowest BCUT2D eigenvalue weighted by molar-refractivity contribution is -0.146. The Labute approximate surface area is 153 Å². The van der Waals surface area contributed by atoms with Crippen LogP contribution in [0.2, 0.25) is 0 Å². The molecule has 0 bridgehead atoms. The highest BCUT2D eigenvalue weighted by Crippen LogP contribution is 2.35. The summed E-state index contributed by atoms with van der Waals surface area (Å²) in [5.74, 6) is -0.00176. The molecule has 0 saturated heterocycles. The number of hydrogen-bond acceptors (Lipinski definition) is 4. The van der Waals surface area contributed by atoms with E-state index in [1.807, 2.05) is 31.2 Å². The van der Waals surface area contributed by atoms with E-state index in [0.717, 1.165) is 24.2 Å². The summed E-state index contributed by atoms with van der Waals surface area (Å²) in [4.78, 5) is 16.8. The van der Waals surface area contributed by atoms with E-state index in [4.69, 9.17) is 21.7 Å². The van der Waals surface area contributed by atoms with Gasteiger partial charge in [0.25, 0.3) is 0 Å². The van der Waals surface area contributed by atoms with Crippen molar-refractivity contribution in [3.05, 3.63) is 29.8 Å². The van der Waals surface area contributed by atoms with Crippen LogP contribution in [0, 0.1) is 5.92 Å². The minimum absolute atomic E-state index is 0.243. The molecule has 1 aliphatic heterocycles. The van der Waals surface area contributed by atoms with Crippen molar-refractivity contribution in [1.29, 1.82) is 0 Å². The average molecular weight is 360 g/mol. The summed E-state index contributed by atoms with van der Waals surface area (Å²) in [6.45, 7) is 3.96. The Balaban J connectivity index is 1.93. The van der Waals surface area contributed by atoms with Gasteiger partial charge in [0.1, 0.15) is 11.7 Å². The largest absolute Gasteiger partial charge is 0.490 e. The minimum Gasteiger partial charge on any atom is -0.490 e. The summed E-state index contributed by atoms with van der Waals surface area (Å²) in [5, 5.41) is 3.57. The molecule has 2 atom stereocenters. The molecule has 5 nitrogen and oxygen atoms in total. The highest BCUT2D eigenvalue weighted by Gasteiger charge is 2.38. The van der Waals surface area contributed by atoms with Gasteiger partial charge in [0.05, 0.1) is 18.8 Å². The molecule has 0 aromatic heterocycles. The molecule has 2 unspecified atom stereocenters. The quantitative estimate of drug-likeness (QED) is 0.642. The fourth-order valence-electron chi connectivity index (χ4n) is 3.55. The first-order valence-electron chi connectivity index (χ1n) is 8.88. The number of carbonyl (C=O) groups excluding carboxylic acids is 1. The summed E-state index contributed by atoms with van der Waals surface area (Å²) >= 11 is 5.26. The second-order valence-electron chi connectivity index (χ2n) is 6.47. The van der Waals surface area contributed by atoms with Crippen LogP contribution in [0.3, 0.4) is 0 Å². The van der Waals surface area contributed by atoms with E-state index in [-0.39, 0.29) is 18.1 Å². The highest BCUT2D eigenvalue weighted by atomic mass is 32.1. The zero-order valence-electron chi connectivity index (χ0n) is 14.7. The maximum Gasteiger partial charge on any atom is 0.317 e. The SMILES string of the molecule is CCOC(=O)C1C(C)=NC(=S)NC1c1ccccc1OC1CCCC1. The number of para-hydroxylation sites is 1. The normalized spacial score (nSPS) is 23.8. The molecule has 25 heavy (non-hydrogen) atoms. The predicted molar refractivity (Wildman–Crippen MR) is 101 cm³/mol. The van der Waals surface area contributed by atoms with Gasteiger partial charge < -0.3 is 14.8 Å². The molecule has 2 aliphatic rings. The molecular formula is C19H24N2O3S. The Hall–Kier alpha value is -1.95. The van der Waals surface area contributed by atoms with E-state index in [9.17, 15) is 4.79 Å². The van der Waals surface area contributed by atoms with Gasteiger partial charge in [-0.25, -0.2) is 4.99 Å². The van der Waals surface area contributed by atoms with Gasteiger partial charge in [-0.05, 0) is 57.8 Å². The number of thiocarbonyl (C=S) groups is 1. The van der Waals surface area contributed by atoms with Crippen LogP contribution >= 0.6 is 12.2 Å². The first-order valence-corrected chi connectivity index (χ1v) is 9.29. The number of ether oxygens (including phenoxy) is 2. The number of nitrogens with zero attached hydrogens (tertiary/aromatic N) is 1. The molecule has 0 amide bonds. The number of nitrogens with one attached hydrogen (secondary N) is 1. The van der Waals surface area contributed by atoms with E-state index in [1.54, 1.807) is 6.92 Å². The zero-order chi connectivity index (χ0) is 17.8. The van der Waals surface area contributed by atoms with Gasteiger partial charge in [0, 0.05) is 11.3 Å². The predicted octanol–water partition coefficient (Wildman–Crippen LogP) is 3.58. The summed E-state index contributed by atoms with van der Waals surface area (Å²) in [6, 6.07) is 7.51. The van der Waals surface area contributed by atoms with Crippen LogP contribution in [0.25, 0.3) is 0 Å². The standard InChI is InChI=1S/C19H24N2O3S/c1-3-23-18(22)16-12(2)20-19(25)21-17(16)14-10-6-7-11-15(14)24-13-8-4-5-9-13/h6-7,10-11,13,16-17H,3-5,8-9H2,1-2H3,(H,21,25). The first kappa shape index (κ1) is 17.9. The van der Waals surface area contributed by atoms with E-state index in [2.05, 4.69) is 10.3 Å². The fourth-order valence-corrected chi connectivity index (χ4v) is 3.82. The van der Waals surface area contributed by atoms with Crippen LogP contribution < -0.4 is 10.1 Å². The number of hydrogen-bond donors (Lipinski definition) is 1. The Bertz CT molecular complexity index is 683. The molecule has 1 heterocycles. The summed E-state index contributed by atoms with van der Waals surface area (Å²) < 4.78 is 11.5. The van der Waals surface area contributed by atoms with Crippen molar-refractivity contribution >= 4 is 29.0 Å². The third kappa shape index (κ3) is 4.00. The Morgan fingerprint density at radius 3 is 2.76 bits per heavy atom. The highest BCUT2D eigenvalue weighted by molar-refractivity contribution is 7.80. The summed E-state index contributed by atoms with van der Waals surface area (Å²) in [5.41, 5.74) is 1.59. The molecule has 1 aliphatic carbocycles. The van der Waals surface area contributed by atoms with Crippen LogP contribution in [-0.2, 0) is 9.53 Å². The molecule has 0 radical (unpaired) electrons. The van der Waals surface area contributed by atoms with Crippen LogP contribution in [0.15, 0.2) is 29.3 Å². The summed E-state index contributed by atoms with van der Waals surface area (Å²) in [7, 11) is 0. The number of esters is 1. The third-order valence-corrected chi connectivity index (χ3v) is 4.94. The number of rotatable bonds is 5. The van der Waals surface area contributed by atoms with Crippen molar-refractivity contribution in [1.82, 2.24) is 5.32 Å². The third-order valence-electron chi connectivity index (χ3n) is 4.73. The molecule has 1 aromatic rings. The Morgan fingerprint density at radius 2 is 2.04 bits per heavy atom. The first-order chi connectivity index (χ1) is 12.1. The fraction of sp³-hybridized carbons (Fsp3) is 0.526. The molecule has 0 spiro atoms. The van der Waals surface area contributed by atoms with Crippen LogP contribution in [-0.4, -0.2) is 29.5 Å². The number of aliphatic imine (C=N–C) groups is 1. The number of benzene rings is 1. The molecule has 3 rings (SSSR count). The monoisotopic (exact) mass is 360 g/mol. The molecule has 6 heteroatoms. The maximum absolute atomic E-state index is 12.5. The second kappa shape index (κ2) is 7.95. The van der Waals surface area contributed by atoms with E-state index in [1.165, 1.54) is 12.8 Å². The van der Waals surface area contributed by atoms with E-state index in [0.29, 0.717) is 17.4 Å². The molecule has 1 aromatic carbocycles. The van der Waals surface area contributed by atoms with Gasteiger partial charge in [0.15, 0.2) is 5.11 Å². The van der Waals surface area contributed by atoms with Crippen molar-refractivity contribution in [2.45, 2.75) is 51.7 Å². The molecular weight excluding hydrogens is 336 g/mol. The van der Waals surface area contributed by atoms with Crippen LogP contribution in [0.4, 0.5) is 0 Å². The van der Waals surface area contributed by atoms with Gasteiger partial charge in [-0.3, -0.25) is 4.79 Å². The Kier molecular flexibility index (Phi) is 5.68. The summed E-state index contributed by atoms with van der Waals surface area (Å²) in [6.07, 6.45) is 4.80. The van der Waals surface area contributed by atoms with Gasteiger partial charge in [-0.2, -0.15) is 0 Å². The second-order valence-corrected chi connectivity index (χ2v) is 6.86. The van der Waals surface area contributed by atoms with E-state index >= 15 is 0 Å². The molecule has 1 N–H and O–H groups in total. The smallest absolute Gasteiger partial charge is 0.317 e. The topological polar surface area (TPSA) is 59.9 Å². The molecule has 1 fully saturated rings. The molecule has 1 saturated carbocycles. The zero-order valence-corrected chi connectivity index (χ0v) is 15.5. The van der Waals surface area contributed by atoms with Gasteiger partial charge in [0.2, 0.25) is 0 Å². The minimum atomic E-state index is -0.514. The van der Waals surface area contributed by atoms with Crippen molar-refractivity contribution in [2.75, 3.05) is 6.61 Å². The lowest BCUT2D eigenvalue weighted by Crippen LogP contribution is -2.44. The van der Waals surface area contributed by atoms with Crippen LogP contribution in [0.5, 0.6) is 5.75 Å². The van der Waals surface area contributed by atoms with Gasteiger partial charge in [-0.1, -0.05) is 18.2 Å². The van der Waals surface area contributed by atoms with Crippen molar-refractivity contribution < 1.29 is 14.3 Å². The average Bonchev–Trinajstić information content (AvgIpc) is 3.08. The van der Waals surface area contributed by atoms with Crippen molar-refractivity contribution in [2.24, 2.45) is 10.9 Å². The van der Waals surface area contributed by atoms with E-state index < -0.39 is 5.92 Å². The lowest BCUT2D eigenvalue weighted by Gasteiger charge is -2.32. The van der Waals surface area contributed by atoms with Crippen molar-refractivity contribution in [3.63, 3.8) is 0 Å². The Morgan fingerprint density at radius 1 is 1.32 bits per heavy atom. The molecule has 134 valence electrons. The number of carbonyl (C=O) groups is 1. The van der Waals surface area contributed by atoms with Crippen LogP contribution in [0.1, 0.15) is 51.1 Å². The van der Waals surface area contributed by atoms with Gasteiger partial charge >= 0.3 is 5.97 Å². The lowest BCUT2D eigenvalue weighted by atomic mass is 9.88. The van der Waals surface area contributed by atoms with Gasteiger partial charge in [-0.15, -0.1) is 0 Å².